The molecule has 1 heterocycles. The van der Waals surface area contributed by atoms with Gasteiger partial charge >= 0.3 is 0 Å². The van der Waals surface area contributed by atoms with Crippen LogP contribution in [0.25, 0.3) is 0 Å². The van der Waals surface area contributed by atoms with Crippen LogP contribution in [0.2, 0.25) is 0 Å². The third kappa shape index (κ3) is 2.79. The van der Waals surface area contributed by atoms with Crippen LogP contribution in [0, 0.1) is 6.92 Å². The lowest BCUT2D eigenvalue weighted by Crippen LogP contribution is -1.99. The van der Waals surface area contributed by atoms with E-state index in [1.165, 1.54) is 0 Å². The summed E-state index contributed by atoms with van der Waals surface area (Å²) in [6, 6.07) is 7.91. The van der Waals surface area contributed by atoms with Crippen molar-refractivity contribution >= 4 is 21.6 Å². The predicted molar refractivity (Wildman–Crippen MR) is 60.5 cm³/mol. The highest BCUT2D eigenvalue weighted by atomic mass is 79.9. The maximum atomic E-state index is 5.24. The molecule has 78 valence electrons. The van der Waals surface area contributed by atoms with Crippen LogP contribution in [0.3, 0.4) is 0 Å². The van der Waals surface area contributed by atoms with Gasteiger partial charge in [0.25, 0.3) is 0 Å². The lowest BCUT2D eigenvalue weighted by molar-refractivity contribution is 0.475. The van der Waals surface area contributed by atoms with Crippen molar-refractivity contribution in [1.82, 2.24) is 10.2 Å². The summed E-state index contributed by atoms with van der Waals surface area (Å²) < 4.78 is 6.28. The van der Waals surface area contributed by atoms with Crippen LogP contribution in [0.4, 0.5) is 5.69 Å². The summed E-state index contributed by atoms with van der Waals surface area (Å²) in [4.78, 5) is 0. The Bertz CT molecular complexity index is 455. The Morgan fingerprint density at radius 2 is 2.27 bits per heavy atom. The molecule has 0 spiro atoms. The van der Waals surface area contributed by atoms with E-state index < -0.39 is 0 Å². The molecule has 2 rings (SSSR count). The fourth-order valence-corrected chi connectivity index (χ4v) is 1.58. The SMILES string of the molecule is Cc1nnc(CNc2cccc(Br)c2)o1. The van der Waals surface area contributed by atoms with Crippen LogP contribution in [-0.4, -0.2) is 10.2 Å². The number of aromatic nitrogens is 2. The van der Waals surface area contributed by atoms with Gasteiger partial charge in [-0.3, -0.25) is 0 Å². The van der Waals surface area contributed by atoms with E-state index in [2.05, 4.69) is 31.4 Å². The minimum Gasteiger partial charge on any atom is -0.424 e. The van der Waals surface area contributed by atoms with Gasteiger partial charge in [-0.2, -0.15) is 0 Å². The topological polar surface area (TPSA) is 51.0 Å². The Morgan fingerprint density at radius 3 is 2.93 bits per heavy atom. The Morgan fingerprint density at radius 1 is 1.40 bits per heavy atom. The zero-order valence-corrected chi connectivity index (χ0v) is 9.78. The lowest BCUT2D eigenvalue weighted by Gasteiger charge is -2.02. The largest absolute Gasteiger partial charge is 0.424 e. The van der Waals surface area contributed by atoms with Gasteiger partial charge in [0.2, 0.25) is 11.8 Å². The van der Waals surface area contributed by atoms with E-state index in [1.54, 1.807) is 6.92 Å². The highest BCUT2D eigenvalue weighted by Crippen LogP contribution is 2.16. The van der Waals surface area contributed by atoms with Crippen molar-refractivity contribution in [3.8, 4) is 0 Å². The van der Waals surface area contributed by atoms with Gasteiger partial charge in [0.05, 0.1) is 6.54 Å². The molecule has 2 aromatic rings. The molecule has 0 radical (unpaired) electrons. The van der Waals surface area contributed by atoms with Crippen molar-refractivity contribution in [2.75, 3.05) is 5.32 Å². The first-order chi connectivity index (χ1) is 7.24. The fourth-order valence-electron chi connectivity index (χ4n) is 1.19. The van der Waals surface area contributed by atoms with E-state index in [-0.39, 0.29) is 0 Å². The van der Waals surface area contributed by atoms with Crippen LogP contribution < -0.4 is 5.32 Å². The lowest BCUT2D eigenvalue weighted by atomic mass is 10.3. The molecule has 0 bridgehead atoms. The highest BCUT2D eigenvalue weighted by molar-refractivity contribution is 9.10. The van der Waals surface area contributed by atoms with Crippen molar-refractivity contribution in [3.63, 3.8) is 0 Å². The van der Waals surface area contributed by atoms with E-state index in [9.17, 15) is 0 Å². The van der Waals surface area contributed by atoms with Gasteiger partial charge in [-0.05, 0) is 18.2 Å². The molecule has 0 aliphatic rings. The molecule has 4 nitrogen and oxygen atoms in total. The number of benzene rings is 1. The molecular formula is C10H10BrN3O. The van der Waals surface area contributed by atoms with Crippen LogP contribution in [-0.2, 0) is 6.54 Å². The van der Waals surface area contributed by atoms with Crippen molar-refractivity contribution in [2.45, 2.75) is 13.5 Å². The molecule has 0 atom stereocenters. The molecule has 15 heavy (non-hydrogen) atoms. The molecule has 0 saturated carbocycles. The fraction of sp³-hybridized carbons (Fsp3) is 0.200. The summed E-state index contributed by atoms with van der Waals surface area (Å²) in [5.41, 5.74) is 1.01. The number of anilines is 1. The summed E-state index contributed by atoms with van der Waals surface area (Å²) in [5.74, 6) is 1.17. The van der Waals surface area contributed by atoms with Crippen LogP contribution in [0.5, 0.6) is 0 Å². The molecule has 0 saturated heterocycles. The van der Waals surface area contributed by atoms with E-state index >= 15 is 0 Å². The van der Waals surface area contributed by atoms with Gasteiger partial charge in [-0.15, -0.1) is 10.2 Å². The third-order valence-corrected chi connectivity index (χ3v) is 2.33. The van der Waals surface area contributed by atoms with Gasteiger partial charge in [-0.1, -0.05) is 22.0 Å². The first-order valence-corrected chi connectivity index (χ1v) is 5.32. The Balaban J connectivity index is 1.99. The molecule has 5 heteroatoms. The summed E-state index contributed by atoms with van der Waals surface area (Å²) in [5, 5.41) is 10.8. The van der Waals surface area contributed by atoms with Gasteiger partial charge in [0.1, 0.15) is 0 Å². The first kappa shape index (κ1) is 10.2. The van der Waals surface area contributed by atoms with E-state index in [1.807, 2.05) is 24.3 Å². The molecule has 1 N–H and O–H groups in total. The predicted octanol–water partition coefficient (Wildman–Crippen LogP) is 2.75. The van der Waals surface area contributed by atoms with Crippen molar-refractivity contribution in [2.24, 2.45) is 0 Å². The monoisotopic (exact) mass is 267 g/mol. The number of halogens is 1. The number of aryl methyl sites for hydroxylation is 1. The Labute approximate surface area is 95.8 Å². The molecule has 0 fully saturated rings. The van der Waals surface area contributed by atoms with Crippen LogP contribution in [0.1, 0.15) is 11.8 Å². The van der Waals surface area contributed by atoms with Crippen LogP contribution >= 0.6 is 15.9 Å². The standard InChI is InChI=1S/C10H10BrN3O/c1-7-13-14-10(15-7)6-12-9-4-2-3-8(11)5-9/h2-5,12H,6H2,1H3. The van der Waals surface area contributed by atoms with E-state index in [0.717, 1.165) is 10.2 Å². The molecular weight excluding hydrogens is 258 g/mol. The van der Waals surface area contributed by atoms with Gasteiger partial charge in [0, 0.05) is 17.1 Å². The summed E-state index contributed by atoms with van der Waals surface area (Å²) in [6.45, 7) is 2.31. The maximum Gasteiger partial charge on any atom is 0.235 e. The average Bonchev–Trinajstić information content (AvgIpc) is 2.62. The number of nitrogens with zero attached hydrogens (tertiary/aromatic N) is 2. The smallest absolute Gasteiger partial charge is 0.235 e. The normalized spacial score (nSPS) is 10.3. The van der Waals surface area contributed by atoms with Gasteiger partial charge in [-0.25, -0.2) is 0 Å². The maximum absolute atomic E-state index is 5.24. The van der Waals surface area contributed by atoms with E-state index in [4.69, 9.17) is 4.42 Å². The quantitative estimate of drug-likeness (QED) is 0.929. The molecule has 1 aromatic carbocycles. The van der Waals surface area contributed by atoms with E-state index in [0.29, 0.717) is 18.3 Å². The number of hydrogen-bond donors (Lipinski definition) is 1. The second-order valence-electron chi connectivity index (χ2n) is 3.08. The number of hydrogen-bond acceptors (Lipinski definition) is 4. The minimum atomic E-state index is 0.539. The molecule has 1 aromatic heterocycles. The second-order valence-corrected chi connectivity index (χ2v) is 3.99. The van der Waals surface area contributed by atoms with Crippen LogP contribution in [0.15, 0.2) is 33.2 Å². The minimum absolute atomic E-state index is 0.539. The Kier molecular flexibility index (Phi) is 3.01. The zero-order chi connectivity index (χ0) is 10.7. The average molecular weight is 268 g/mol. The molecule has 0 aliphatic heterocycles. The summed E-state index contributed by atoms with van der Waals surface area (Å²) in [6.07, 6.45) is 0. The van der Waals surface area contributed by atoms with Crippen molar-refractivity contribution in [3.05, 3.63) is 40.5 Å². The number of nitrogens with one attached hydrogen (secondary N) is 1. The van der Waals surface area contributed by atoms with Gasteiger partial charge in [0.15, 0.2) is 0 Å². The third-order valence-electron chi connectivity index (χ3n) is 1.84. The van der Waals surface area contributed by atoms with Crippen molar-refractivity contribution in [1.29, 1.82) is 0 Å². The molecule has 0 amide bonds. The number of rotatable bonds is 3. The Hall–Kier alpha value is -1.36. The molecule has 0 unspecified atom stereocenters. The zero-order valence-electron chi connectivity index (χ0n) is 8.20. The second kappa shape index (κ2) is 4.44. The van der Waals surface area contributed by atoms with Gasteiger partial charge < -0.3 is 9.73 Å². The summed E-state index contributed by atoms with van der Waals surface area (Å²) in [7, 11) is 0. The summed E-state index contributed by atoms with van der Waals surface area (Å²) >= 11 is 3.40. The molecule has 0 aliphatic carbocycles. The first-order valence-electron chi connectivity index (χ1n) is 4.52. The van der Waals surface area contributed by atoms with Crippen molar-refractivity contribution < 1.29 is 4.42 Å². The highest BCUT2D eigenvalue weighted by Gasteiger charge is 2.01.